The molecule has 3 rings (SSSR count). The molecule has 0 radical (unpaired) electrons. The number of aliphatic hydroxyl groups is 1. The van der Waals surface area contributed by atoms with E-state index in [0.29, 0.717) is 12.2 Å². The van der Waals surface area contributed by atoms with E-state index in [1.807, 2.05) is 6.92 Å². The van der Waals surface area contributed by atoms with Gasteiger partial charge in [0.25, 0.3) is 5.91 Å². The Morgan fingerprint density at radius 2 is 1.86 bits per heavy atom. The zero-order valence-corrected chi connectivity index (χ0v) is 21.0. The van der Waals surface area contributed by atoms with Gasteiger partial charge in [0.05, 0.1) is 25.2 Å². The van der Waals surface area contributed by atoms with Crippen LogP contribution in [0.25, 0.3) is 0 Å². The Hall–Kier alpha value is -2.99. The summed E-state index contributed by atoms with van der Waals surface area (Å²) in [5.41, 5.74) is 0.740. The number of rotatable bonds is 12. The highest BCUT2D eigenvalue weighted by molar-refractivity contribution is 7.89. The van der Waals surface area contributed by atoms with Crippen LogP contribution in [0.15, 0.2) is 65.3 Å². The van der Waals surface area contributed by atoms with Crippen LogP contribution in [0, 0.1) is 11.7 Å². The van der Waals surface area contributed by atoms with Crippen LogP contribution >= 0.6 is 0 Å². The third kappa shape index (κ3) is 7.50. The highest BCUT2D eigenvalue weighted by atomic mass is 32.2. The Bertz CT molecular complexity index is 1140. The molecule has 0 fully saturated rings. The van der Waals surface area contributed by atoms with Gasteiger partial charge < -0.3 is 24.6 Å². The standard InChI is InChI=1S/C25H31FN2O7S/c1-18-15-23(25(30)27-17-19-3-5-20(26)6-4-19)35-24(16-18)34-14-12-28(11-13-29)36(31,32)22-9-7-21(33-2)8-10-22/h3-10,15,18,24,29H,11-14,16-17H2,1-2H3,(H,27,30)/t18-,24+/m0/s1. The number of ether oxygens (including phenoxy) is 3. The number of nitrogens with one attached hydrogen (secondary N) is 1. The van der Waals surface area contributed by atoms with Crippen LogP contribution in [-0.2, 0) is 30.8 Å². The van der Waals surface area contributed by atoms with Crippen molar-refractivity contribution >= 4 is 15.9 Å². The summed E-state index contributed by atoms with van der Waals surface area (Å²) in [4.78, 5) is 12.6. The first-order valence-corrected chi connectivity index (χ1v) is 12.9. The number of allylic oxidation sites excluding steroid dienone is 1. The lowest BCUT2D eigenvalue weighted by atomic mass is 10.0. The summed E-state index contributed by atoms with van der Waals surface area (Å²) >= 11 is 0. The predicted molar refractivity (Wildman–Crippen MR) is 130 cm³/mol. The number of hydrogen-bond acceptors (Lipinski definition) is 7. The highest BCUT2D eigenvalue weighted by Gasteiger charge is 2.28. The average molecular weight is 523 g/mol. The predicted octanol–water partition coefficient (Wildman–Crippen LogP) is 2.42. The van der Waals surface area contributed by atoms with Gasteiger partial charge in [-0.05, 0) is 54.0 Å². The molecule has 11 heteroatoms. The van der Waals surface area contributed by atoms with Crippen LogP contribution < -0.4 is 10.1 Å². The number of benzene rings is 2. The molecule has 1 heterocycles. The molecule has 2 aromatic carbocycles. The van der Waals surface area contributed by atoms with Crippen molar-refractivity contribution in [3.05, 3.63) is 71.7 Å². The fraction of sp³-hybridized carbons (Fsp3) is 0.400. The van der Waals surface area contributed by atoms with Crippen molar-refractivity contribution < 1.29 is 36.9 Å². The zero-order chi connectivity index (χ0) is 26.1. The summed E-state index contributed by atoms with van der Waals surface area (Å²) in [6, 6.07) is 11.8. The van der Waals surface area contributed by atoms with Crippen molar-refractivity contribution in [1.29, 1.82) is 0 Å². The molecule has 2 aromatic rings. The molecule has 2 N–H and O–H groups in total. The van der Waals surface area contributed by atoms with Gasteiger partial charge in [-0.1, -0.05) is 19.1 Å². The van der Waals surface area contributed by atoms with Crippen LogP contribution in [0.1, 0.15) is 18.9 Å². The van der Waals surface area contributed by atoms with Crippen LogP contribution in [-0.4, -0.2) is 63.4 Å². The zero-order valence-electron chi connectivity index (χ0n) is 20.2. The lowest BCUT2D eigenvalue weighted by Crippen LogP contribution is -2.38. The third-order valence-electron chi connectivity index (χ3n) is 5.54. The molecule has 1 aliphatic rings. The topological polar surface area (TPSA) is 114 Å². The van der Waals surface area contributed by atoms with Gasteiger partial charge in [0, 0.05) is 26.1 Å². The Kier molecular flexibility index (Phi) is 9.82. The summed E-state index contributed by atoms with van der Waals surface area (Å²) in [5.74, 6) is -0.152. The maximum absolute atomic E-state index is 13.1. The minimum Gasteiger partial charge on any atom is -0.497 e. The number of carbonyl (C=O) groups is 1. The van der Waals surface area contributed by atoms with Gasteiger partial charge in [-0.25, -0.2) is 12.8 Å². The van der Waals surface area contributed by atoms with Gasteiger partial charge in [-0.2, -0.15) is 4.31 Å². The summed E-state index contributed by atoms with van der Waals surface area (Å²) in [6.45, 7) is 1.65. The van der Waals surface area contributed by atoms with Crippen molar-refractivity contribution in [2.75, 3.05) is 33.4 Å². The molecule has 0 saturated heterocycles. The molecule has 0 aliphatic carbocycles. The van der Waals surface area contributed by atoms with E-state index in [1.165, 1.54) is 31.4 Å². The minimum absolute atomic E-state index is 0.00273. The smallest absolute Gasteiger partial charge is 0.286 e. The average Bonchev–Trinajstić information content (AvgIpc) is 2.87. The summed E-state index contributed by atoms with van der Waals surface area (Å²) in [5, 5.41) is 12.1. The minimum atomic E-state index is -3.86. The van der Waals surface area contributed by atoms with Crippen molar-refractivity contribution in [3.63, 3.8) is 0 Å². The molecule has 36 heavy (non-hydrogen) atoms. The van der Waals surface area contributed by atoms with Gasteiger partial charge >= 0.3 is 0 Å². The van der Waals surface area contributed by atoms with Crippen molar-refractivity contribution in [2.45, 2.75) is 31.1 Å². The molecule has 1 amide bonds. The lowest BCUT2D eigenvalue weighted by molar-refractivity contribution is -0.148. The summed E-state index contributed by atoms with van der Waals surface area (Å²) < 4.78 is 56.7. The Morgan fingerprint density at radius 3 is 2.50 bits per heavy atom. The fourth-order valence-corrected chi connectivity index (χ4v) is 5.02. The van der Waals surface area contributed by atoms with Crippen LogP contribution in [0.2, 0.25) is 0 Å². The number of methoxy groups -OCH3 is 1. The number of sulfonamides is 1. The molecule has 0 unspecified atom stereocenters. The highest BCUT2D eigenvalue weighted by Crippen LogP contribution is 2.24. The Morgan fingerprint density at radius 1 is 1.17 bits per heavy atom. The molecule has 0 saturated carbocycles. The van der Waals surface area contributed by atoms with Gasteiger partial charge in [-0.15, -0.1) is 0 Å². The SMILES string of the molecule is COc1ccc(S(=O)(=O)N(CCO)CCO[C@H]2C[C@@H](C)C=C(C(=O)NCc3ccc(F)cc3)O2)cc1. The molecule has 196 valence electrons. The van der Waals surface area contributed by atoms with Gasteiger partial charge in [0.15, 0.2) is 5.76 Å². The van der Waals surface area contributed by atoms with Crippen LogP contribution in [0.4, 0.5) is 4.39 Å². The fourth-order valence-electron chi connectivity index (χ4n) is 3.61. The van der Waals surface area contributed by atoms with E-state index in [2.05, 4.69) is 5.32 Å². The number of amides is 1. The van der Waals surface area contributed by atoms with Gasteiger partial charge in [0.2, 0.25) is 16.3 Å². The maximum atomic E-state index is 13.1. The third-order valence-corrected chi connectivity index (χ3v) is 7.45. The molecule has 1 aliphatic heterocycles. The molecular formula is C25H31FN2O7S. The first-order valence-electron chi connectivity index (χ1n) is 11.5. The van der Waals surface area contributed by atoms with E-state index in [1.54, 1.807) is 30.3 Å². The van der Waals surface area contributed by atoms with E-state index in [0.717, 1.165) is 9.87 Å². The Labute approximate surface area is 210 Å². The molecule has 0 spiro atoms. The summed E-state index contributed by atoms with van der Waals surface area (Å²) in [7, 11) is -2.38. The molecular weight excluding hydrogens is 491 g/mol. The molecule has 0 bridgehead atoms. The summed E-state index contributed by atoms with van der Waals surface area (Å²) in [6.07, 6.45) is 1.45. The second-order valence-corrected chi connectivity index (χ2v) is 10.2. The van der Waals surface area contributed by atoms with Gasteiger partial charge in [0.1, 0.15) is 11.6 Å². The lowest BCUT2D eigenvalue weighted by Gasteiger charge is -2.28. The van der Waals surface area contributed by atoms with E-state index >= 15 is 0 Å². The van der Waals surface area contributed by atoms with Crippen molar-refractivity contribution in [3.8, 4) is 5.75 Å². The maximum Gasteiger partial charge on any atom is 0.286 e. The molecule has 0 aromatic heterocycles. The molecule has 2 atom stereocenters. The van der Waals surface area contributed by atoms with E-state index in [4.69, 9.17) is 14.2 Å². The number of carbonyl (C=O) groups excluding carboxylic acids is 1. The number of halogens is 1. The van der Waals surface area contributed by atoms with E-state index < -0.39 is 22.2 Å². The van der Waals surface area contributed by atoms with Crippen molar-refractivity contribution in [1.82, 2.24) is 9.62 Å². The number of nitrogens with zero attached hydrogens (tertiary/aromatic N) is 1. The quantitative estimate of drug-likeness (QED) is 0.440. The second kappa shape index (κ2) is 12.8. The van der Waals surface area contributed by atoms with Crippen molar-refractivity contribution in [2.24, 2.45) is 5.92 Å². The monoisotopic (exact) mass is 522 g/mol. The second-order valence-electron chi connectivity index (χ2n) is 8.27. The van der Waals surface area contributed by atoms with Crippen LogP contribution in [0.5, 0.6) is 5.75 Å². The first-order chi connectivity index (χ1) is 17.2. The number of hydrogen-bond donors (Lipinski definition) is 2. The largest absolute Gasteiger partial charge is 0.497 e. The normalized spacial score (nSPS) is 17.9. The number of aliphatic hydroxyl groups excluding tert-OH is 1. The Balaban J connectivity index is 1.55. The first kappa shape index (κ1) is 27.6. The van der Waals surface area contributed by atoms with Gasteiger partial charge in [-0.3, -0.25) is 4.79 Å². The van der Waals surface area contributed by atoms with Crippen LogP contribution in [0.3, 0.4) is 0 Å². The molecule has 9 nitrogen and oxygen atoms in total. The van der Waals surface area contributed by atoms with E-state index in [-0.39, 0.29) is 55.2 Å². The van der Waals surface area contributed by atoms with E-state index in [9.17, 15) is 22.7 Å².